The van der Waals surface area contributed by atoms with E-state index in [9.17, 15) is 22.7 Å². The summed E-state index contributed by atoms with van der Waals surface area (Å²) in [7, 11) is -3.93. The molecule has 0 aromatic heterocycles. The lowest BCUT2D eigenvalue weighted by atomic mass is 10.1. The monoisotopic (exact) mass is 491 g/mol. The molecule has 0 aliphatic carbocycles. The molecule has 0 saturated carbocycles. The first-order chi connectivity index (χ1) is 15.7. The second-order valence-electron chi connectivity index (χ2n) is 7.36. The first kappa shape index (κ1) is 24.9. The number of sulfone groups is 1. The number of esters is 1. The molecule has 0 amide bonds. The minimum Gasteiger partial charge on any atom is -0.424 e. The first-order valence-electron chi connectivity index (χ1n) is 10.1. The summed E-state index contributed by atoms with van der Waals surface area (Å²) in [5.74, 6) is -1.97. The molecule has 0 unspecified atom stereocenters. The third-order valence-corrected chi connectivity index (χ3v) is 6.86. The Labute approximate surface area is 196 Å². The summed E-state index contributed by atoms with van der Waals surface area (Å²) in [5.41, 5.74) is 1.62. The van der Waals surface area contributed by atoms with Gasteiger partial charge in [-0.1, -0.05) is 35.9 Å². The fraction of sp³-hybridized carbons (Fsp3) is 0.208. The molecule has 0 aliphatic rings. The molecule has 0 radical (unpaired) electrons. The van der Waals surface area contributed by atoms with E-state index >= 15 is 0 Å². The maximum atomic E-state index is 14.1. The number of aliphatic hydroxyl groups is 1. The van der Waals surface area contributed by atoms with Gasteiger partial charge < -0.3 is 15.2 Å². The lowest BCUT2D eigenvalue weighted by Gasteiger charge is -2.13. The smallest absolute Gasteiger partial charge is 0.308 e. The van der Waals surface area contributed by atoms with Gasteiger partial charge in [0.25, 0.3) is 0 Å². The Balaban J connectivity index is 1.58. The van der Waals surface area contributed by atoms with Crippen molar-refractivity contribution in [2.45, 2.75) is 29.2 Å². The third-order valence-electron chi connectivity index (χ3n) is 4.86. The molecule has 0 bridgehead atoms. The fourth-order valence-corrected chi connectivity index (χ4v) is 4.63. The van der Waals surface area contributed by atoms with Crippen molar-refractivity contribution in [3.8, 4) is 5.75 Å². The summed E-state index contributed by atoms with van der Waals surface area (Å²) < 4.78 is 44.4. The van der Waals surface area contributed by atoms with Crippen molar-refractivity contribution in [2.75, 3.05) is 13.1 Å². The lowest BCUT2D eigenvalue weighted by molar-refractivity contribution is -0.132. The van der Waals surface area contributed by atoms with Crippen molar-refractivity contribution in [2.24, 2.45) is 0 Å². The lowest BCUT2D eigenvalue weighted by Crippen LogP contribution is -2.23. The standard InChI is InChI=1S/C24H23ClFNO5S/c1-16(28)32-24-10-9-21(14-22(24)26)33(30,31)20-7-5-17(6-8-20)11-12-27-15-23(29)18-3-2-4-19(25)13-18/h2-10,13-14,23,27,29H,11-12,15H2,1H3/t23-/m1/s1. The van der Waals surface area contributed by atoms with Crippen molar-refractivity contribution >= 4 is 27.4 Å². The van der Waals surface area contributed by atoms with Gasteiger partial charge in [-0.05, 0) is 66.6 Å². The average molecular weight is 492 g/mol. The number of rotatable bonds is 9. The van der Waals surface area contributed by atoms with Crippen molar-refractivity contribution < 1.29 is 27.4 Å². The van der Waals surface area contributed by atoms with Gasteiger partial charge in [-0.3, -0.25) is 4.79 Å². The number of nitrogens with one attached hydrogen (secondary N) is 1. The molecule has 1 atom stereocenters. The molecule has 0 heterocycles. The Hall–Kier alpha value is -2.78. The van der Waals surface area contributed by atoms with Gasteiger partial charge in [-0.2, -0.15) is 0 Å². The highest BCUT2D eigenvalue weighted by Gasteiger charge is 2.20. The Morgan fingerprint density at radius 2 is 1.79 bits per heavy atom. The van der Waals surface area contributed by atoms with Crippen LogP contribution >= 0.6 is 11.6 Å². The van der Waals surface area contributed by atoms with Crippen LogP contribution in [0.5, 0.6) is 5.75 Å². The van der Waals surface area contributed by atoms with E-state index in [1.807, 2.05) is 0 Å². The highest BCUT2D eigenvalue weighted by Crippen LogP contribution is 2.26. The Morgan fingerprint density at radius 1 is 1.09 bits per heavy atom. The Morgan fingerprint density at radius 3 is 2.42 bits per heavy atom. The average Bonchev–Trinajstić information content (AvgIpc) is 2.78. The fourth-order valence-electron chi connectivity index (χ4n) is 3.16. The number of ether oxygens (including phenoxy) is 1. The van der Waals surface area contributed by atoms with Crippen LogP contribution in [0, 0.1) is 5.82 Å². The number of carbonyl (C=O) groups is 1. The molecule has 2 N–H and O–H groups in total. The Bertz CT molecular complexity index is 1230. The summed E-state index contributed by atoms with van der Waals surface area (Å²) in [6.45, 7) is 2.05. The summed E-state index contributed by atoms with van der Waals surface area (Å²) in [6, 6.07) is 16.5. The van der Waals surface area contributed by atoms with Crippen LogP contribution in [-0.4, -0.2) is 32.6 Å². The van der Waals surface area contributed by atoms with E-state index in [1.54, 1.807) is 36.4 Å². The van der Waals surface area contributed by atoms with E-state index in [1.165, 1.54) is 18.2 Å². The van der Waals surface area contributed by atoms with Crippen LogP contribution in [0.1, 0.15) is 24.2 Å². The van der Waals surface area contributed by atoms with Crippen molar-refractivity contribution in [1.82, 2.24) is 5.32 Å². The van der Waals surface area contributed by atoms with E-state index in [0.29, 0.717) is 24.5 Å². The summed E-state index contributed by atoms with van der Waals surface area (Å²) in [6.07, 6.45) is -0.0715. The quantitative estimate of drug-likeness (QED) is 0.266. The molecular formula is C24H23ClFNO5S. The molecule has 174 valence electrons. The van der Waals surface area contributed by atoms with Gasteiger partial charge >= 0.3 is 5.97 Å². The van der Waals surface area contributed by atoms with E-state index in [-0.39, 0.29) is 15.5 Å². The number of benzene rings is 3. The normalized spacial score (nSPS) is 12.4. The highest BCUT2D eigenvalue weighted by atomic mass is 35.5. The van der Waals surface area contributed by atoms with Crippen LogP contribution in [0.15, 0.2) is 76.5 Å². The maximum absolute atomic E-state index is 14.1. The summed E-state index contributed by atoms with van der Waals surface area (Å²) in [4.78, 5) is 10.8. The van der Waals surface area contributed by atoms with Gasteiger partial charge in [0.05, 0.1) is 15.9 Å². The zero-order chi connectivity index (χ0) is 24.0. The van der Waals surface area contributed by atoms with Gasteiger partial charge in [0.15, 0.2) is 11.6 Å². The number of halogens is 2. The van der Waals surface area contributed by atoms with Gasteiger partial charge in [-0.25, -0.2) is 12.8 Å². The van der Waals surface area contributed by atoms with Crippen molar-refractivity contribution in [1.29, 1.82) is 0 Å². The molecule has 0 fully saturated rings. The number of hydrogen-bond donors (Lipinski definition) is 2. The molecule has 3 aromatic rings. The van der Waals surface area contributed by atoms with E-state index < -0.39 is 27.7 Å². The molecule has 0 saturated heterocycles. The van der Waals surface area contributed by atoms with Crippen LogP contribution in [-0.2, 0) is 21.1 Å². The zero-order valence-corrected chi connectivity index (χ0v) is 19.4. The van der Waals surface area contributed by atoms with E-state index in [0.717, 1.165) is 30.2 Å². The SMILES string of the molecule is CC(=O)Oc1ccc(S(=O)(=O)c2ccc(CCNC[C@@H](O)c3cccc(Cl)c3)cc2)cc1F. The Kier molecular flexibility index (Phi) is 8.20. The molecule has 6 nitrogen and oxygen atoms in total. The molecule has 3 aromatic carbocycles. The molecule has 9 heteroatoms. The zero-order valence-electron chi connectivity index (χ0n) is 17.8. The summed E-state index contributed by atoms with van der Waals surface area (Å²) >= 11 is 5.94. The largest absolute Gasteiger partial charge is 0.424 e. The topological polar surface area (TPSA) is 92.7 Å². The second-order valence-corrected chi connectivity index (χ2v) is 9.74. The highest BCUT2D eigenvalue weighted by molar-refractivity contribution is 7.91. The van der Waals surface area contributed by atoms with E-state index in [4.69, 9.17) is 11.6 Å². The number of hydrogen-bond acceptors (Lipinski definition) is 6. The van der Waals surface area contributed by atoms with Gasteiger partial charge in [0, 0.05) is 18.5 Å². The van der Waals surface area contributed by atoms with E-state index in [2.05, 4.69) is 10.1 Å². The van der Waals surface area contributed by atoms with Gasteiger partial charge in [0.2, 0.25) is 9.84 Å². The molecule has 33 heavy (non-hydrogen) atoms. The minimum absolute atomic E-state index is 0.0234. The predicted molar refractivity (Wildman–Crippen MR) is 123 cm³/mol. The van der Waals surface area contributed by atoms with Crippen LogP contribution in [0.25, 0.3) is 0 Å². The minimum atomic E-state index is -3.93. The number of aliphatic hydroxyl groups excluding tert-OH is 1. The number of carbonyl (C=O) groups excluding carboxylic acids is 1. The second kappa shape index (κ2) is 10.9. The van der Waals surface area contributed by atoms with Crippen LogP contribution in [0.4, 0.5) is 4.39 Å². The van der Waals surface area contributed by atoms with Crippen molar-refractivity contribution in [3.05, 3.63) is 88.7 Å². The first-order valence-corrected chi connectivity index (χ1v) is 12.0. The van der Waals surface area contributed by atoms with Gasteiger partial charge in [0.1, 0.15) is 0 Å². The van der Waals surface area contributed by atoms with Crippen LogP contribution < -0.4 is 10.1 Å². The molecule has 0 spiro atoms. The molecular weight excluding hydrogens is 469 g/mol. The molecule has 0 aliphatic heterocycles. The van der Waals surface area contributed by atoms with Crippen LogP contribution in [0.3, 0.4) is 0 Å². The molecule has 3 rings (SSSR count). The third kappa shape index (κ3) is 6.61. The van der Waals surface area contributed by atoms with Crippen molar-refractivity contribution in [3.63, 3.8) is 0 Å². The summed E-state index contributed by atoms with van der Waals surface area (Å²) in [5, 5.41) is 13.9. The van der Waals surface area contributed by atoms with Gasteiger partial charge in [-0.15, -0.1) is 0 Å². The van der Waals surface area contributed by atoms with Crippen LogP contribution in [0.2, 0.25) is 5.02 Å². The maximum Gasteiger partial charge on any atom is 0.308 e. The predicted octanol–water partition coefficient (Wildman–Crippen LogP) is 4.10.